The van der Waals surface area contributed by atoms with E-state index in [1.54, 1.807) is 0 Å². The van der Waals surface area contributed by atoms with Gasteiger partial charge in [-0.1, -0.05) is 107 Å². The van der Waals surface area contributed by atoms with Gasteiger partial charge in [0.2, 0.25) is 0 Å². The van der Waals surface area contributed by atoms with E-state index in [4.69, 9.17) is 0 Å². The van der Waals surface area contributed by atoms with Gasteiger partial charge in [-0.25, -0.2) is 0 Å². The van der Waals surface area contributed by atoms with Crippen molar-refractivity contribution in [1.82, 2.24) is 0 Å². The Labute approximate surface area is 159 Å². The number of hydrogen-bond acceptors (Lipinski definition) is 0. The highest BCUT2D eigenvalue weighted by Gasteiger charge is 2.11. The lowest BCUT2D eigenvalue weighted by Gasteiger charge is -2.06. The van der Waals surface area contributed by atoms with E-state index in [0.717, 1.165) is 0 Å². The van der Waals surface area contributed by atoms with Gasteiger partial charge in [-0.05, 0) is 52.1 Å². The molecule has 0 amide bonds. The third-order valence-corrected chi connectivity index (χ3v) is 5.41. The summed E-state index contributed by atoms with van der Waals surface area (Å²) in [6.07, 6.45) is 7.95. The first-order chi connectivity index (χ1) is 12.7. The van der Waals surface area contributed by atoms with E-state index >= 15 is 0 Å². The van der Waals surface area contributed by atoms with E-state index in [1.807, 2.05) is 0 Å². The van der Waals surface area contributed by atoms with Crippen LogP contribution in [0.25, 0.3) is 22.3 Å². The van der Waals surface area contributed by atoms with Crippen LogP contribution in [0.4, 0.5) is 0 Å². The Hall–Kier alpha value is -2.08. The maximum absolute atomic E-state index is 2.34. The normalized spacial score (nSPS) is 11.4. The summed E-state index contributed by atoms with van der Waals surface area (Å²) >= 11 is 0. The minimum Gasteiger partial charge on any atom is -0.0654 e. The third-order valence-electron chi connectivity index (χ3n) is 5.41. The first-order valence-electron chi connectivity index (χ1n) is 10.3. The highest BCUT2D eigenvalue weighted by Crippen LogP contribution is 2.36. The number of hydrogen-bond donors (Lipinski definition) is 0. The molecule has 3 rings (SSSR count). The molecule has 0 spiro atoms. The van der Waals surface area contributed by atoms with E-state index in [9.17, 15) is 0 Å². The molecule has 0 heterocycles. The topological polar surface area (TPSA) is 0 Å². The van der Waals surface area contributed by atoms with E-state index in [1.165, 1.54) is 71.9 Å². The summed E-state index contributed by atoms with van der Waals surface area (Å²) in [5, 5.41) is 0. The van der Waals surface area contributed by atoms with Crippen molar-refractivity contribution in [3.63, 3.8) is 0 Å². The summed E-state index contributed by atoms with van der Waals surface area (Å²) in [4.78, 5) is 0. The van der Waals surface area contributed by atoms with E-state index < -0.39 is 0 Å². The van der Waals surface area contributed by atoms with Gasteiger partial charge in [-0.15, -0.1) is 0 Å². The standard InChI is InChI=1S/C26H32/c1-4-5-6-7-8-10-21-13-15-22(16-14-21)26-18-17-24-19-23(20(2)3)11-9-12-25(24)26/h9,11-20H,4-8,10H2,1-3H3. The lowest BCUT2D eigenvalue weighted by molar-refractivity contribution is 0.632. The molecule has 0 aromatic heterocycles. The molecule has 0 saturated heterocycles. The first-order valence-corrected chi connectivity index (χ1v) is 10.3. The van der Waals surface area contributed by atoms with Crippen molar-refractivity contribution in [2.24, 2.45) is 0 Å². The van der Waals surface area contributed by atoms with Crippen LogP contribution >= 0.6 is 0 Å². The van der Waals surface area contributed by atoms with Gasteiger partial charge in [-0.3, -0.25) is 0 Å². The van der Waals surface area contributed by atoms with Gasteiger partial charge in [0.05, 0.1) is 0 Å². The SMILES string of the molecule is CCCCCCCc1ccc(-c2ccc3cc(C(C)C)cccc2-3)cc1. The fourth-order valence-corrected chi connectivity index (χ4v) is 3.70. The average Bonchev–Trinajstić information content (AvgIpc) is 2.91. The monoisotopic (exact) mass is 344 g/mol. The van der Waals surface area contributed by atoms with Crippen molar-refractivity contribution >= 4 is 0 Å². The minimum atomic E-state index is 0.556. The van der Waals surface area contributed by atoms with E-state index in [2.05, 4.69) is 81.4 Å². The third kappa shape index (κ3) is 4.55. The molecule has 0 radical (unpaired) electrons. The molecule has 0 saturated carbocycles. The van der Waals surface area contributed by atoms with Crippen LogP contribution < -0.4 is 0 Å². The maximum atomic E-state index is 2.34. The molecule has 136 valence electrons. The molecule has 0 N–H and O–H groups in total. The molecule has 0 unspecified atom stereocenters. The van der Waals surface area contributed by atoms with E-state index in [0.29, 0.717) is 5.92 Å². The molecule has 0 aliphatic heterocycles. The zero-order chi connectivity index (χ0) is 18.4. The second kappa shape index (κ2) is 9.03. The second-order valence-corrected chi connectivity index (χ2v) is 7.80. The number of rotatable bonds is 8. The summed E-state index contributed by atoms with van der Waals surface area (Å²) < 4.78 is 0. The molecule has 1 aromatic rings. The lowest BCUT2D eigenvalue weighted by atomic mass is 9.99. The first kappa shape index (κ1) is 18.7. The van der Waals surface area contributed by atoms with Gasteiger partial charge in [0.25, 0.3) is 0 Å². The van der Waals surface area contributed by atoms with Crippen molar-refractivity contribution in [1.29, 1.82) is 0 Å². The minimum absolute atomic E-state index is 0.556. The van der Waals surface area contributed by atoms with Crippen molar-refractivity contribution in [2.75, 3.05) is 0 Å². The van der Waals surface area contributed by atoms with Crippen LogP contribution in [0, 0.1) is 0 Å². The Morgan fingerprint density at radius 1 is 0.692 bits per heavy atom. The number of unbranched alkanes of at least 4 members (excludes halogenated alkanes) is 4. The summed E-state index contributed by atoms with van der Waals surface area (Å²) in [6.45, 7) is 6.79. The summed E-state index contributed by atoms with van der Waals surface area (Å²) in [5.41, 5.74) is 8.23. The lowest BCUT2D eigenvalue weighted by Crippen LogP contribution is -1.87. The van der Waals surface area contributed by atoms with Gasteiger partial charge < -0.3 is 0 Å². The predicted molar refractivity (Wildman–Crippen MR) is 115 cm³/mol. The van der Waals surface area contributed by atoms with Gasteiger partial charge in [-0.2, -0.15) is 0 Å². The summed E-state index contributed by atoms with van der Waals surface area (Å²) in [6, 6.07) is 22.8. The molecule has 26 heavy (non-hydrogen) atoms. The second-order valence-electron chi connectivity index (χ2n) is 7.80. The molecule has 0 fully saturated rings. The van der Waals surface area contributed by atoms with Crippen LogP contribution in [-0.2, 0) is 6.42 Å². The fraction of sp³-hybridized carbons (Fsp3) is 0.385. The van der Waals surface area contributed by atoms with Crippen molar-refractivity contribution in [3.05, 3.63) is 71.8 Å². The average molecular weight is 345 g/mol. The Balaban J connectivity index is 1.72. The number of fused-ring (bicyclic) bond motifs is 1. The zero-order valence-electron chi connectivity index (χ0n) is 16.6. The summed E-state index contributed by atoms with van der Waals surface area (Å²) in [5.74, 6) is 0.556. The van der Waals surface area contributed by atoms with Gasteiger partial charge >= 0.3 is 0 Å². The Kier molecular flexibility index (Phi) is 6.50. The maximum Gasteiger partial charge on any atom is -0.0105 e. The number of aryl methyl sites for hydroxylation is 1. The van der Waals surface area contributed by atoms with Crippen LogP contribution in [0.15, 0.2) is 60.7 Å². The molecule has 0 heteroatoms. The van der Waals surface area contributed by atoms with Gasteiger partial charge in [0.15, 0.2) is 0 Å². The molecule has 2 aliphatic carbocycles. The largest absolute Gasteiger partial charge is 0.0654 e. The Bertz CT molecular complexity index is 780. The number of benzene rings is 1. The smallest absolute Gasteiger partial charge is 0.0105 e. The molecule has 0 nitrogen and oxygen atoms in total. The van der Waals surface area contributed by atoms with Crippen LogP contribution in [0.3, 0.4) is 0 Å². The predicted octanol–water partition coefficient (Wildman–Crippen LogP) is 8.09. The fourth-order valence-electron chi connectivity index (χ4n) is 3.70. The van der Waals surface area contributed by atoms with Crippen LogP contribution in [0.1, 0.15) is 69.9 Å². The van der Waals surface area contributed by atoms with Crippen molar-refractivity contribution < 1.29 is 0 Å². The van der Waals surface area contributed by atoms with E-state index in [-0.39, 0.29) is 0 Å². The quantitative estimate of drug-likeness (QED) is 0.362. The van der Waals surface area contributed by atoms with Crippen LogP contribution in [0.2, 0.25) is 0 Å². The zero-order valence-corrected chi connectivity index (χ0v) is 16.6. The molecule has 1 aromatic carbocycles. The molecular weight excluding hydrogens is 312 g/mol. The Morgan fingerprint density at radius 3 is 2.12 bits per heavy atom. The van der Waals surface area contributed by atoms with Crippen LogP contribution in [-0.4, -0.2) is 0 Å². The van der Waals surface area contributed by atoms with Gasteiger partial charge in [0.1, 0.15) is 0 Å². The Morgan fingerprint density at radius 2 is 1.38 bits per heavy atom. The van der Waals surface area contributed by atoms with Crippen molar-refractivity contribution in [2.45, 2.75) is 65.2 Å². The summed E-state index contributed by atoms with van der Waals surface area (Å²) in [7, 11) is 0. The highest BCUT2D eigenvalue weighted by atomic mass is 14.2. The van der Waals surface area contributed by atoms with Crippen molar-refractivity contribution in [3.8, 4) is 22.3 Å². The molecular formula is C26H32. The molecule has 0 bridgehead atoms. The highest BCUT2D eigenvalue weighted by molar-refractivity contribution is 5.86. The van der Waals surface area contributed by atoms with Crippen LogP contribution in [0.5, 0.6) is 0 Å². The molecule has 2 aliphatic rings. The molecule has 0 atom stereocenters. The van der Waals surface area contributed by atoms with Gasteiger partial charge in [0, 0.05) is 0 Å².